The number of nitrogens with zero attached hydrogens (tertiary/aromatic N) is 1. The molecule has 1 aliphatic carbocycles. The summed E-state index contributed by atoms with van der Waals surface area (Å²) in [6.07, 6.45) is 0.831. The number of hydrogen-bond donors (Lipinski definition) is 1. The molecule has 3 atom stereocenters. The minimum absolute atomic E-state index is 0.0498. The number of benzene rings is 3. The Morgan fingerprint density at radius 3 is 2.31 bits per heavy atom. The molecule has 7 heteroatoms. The van der Waals surface area contributed by atoms with Crippen LogP contribution in [0.2, 0.25) is 0 Å². The molecule has 0 saturated carbocycles. The zero-order valence-corrected chi connectivity index (χ0v) is 22.2. The van der Waals surface area contributed by atoms with Crippen LogP contribution in [0.3, 0.4) is 0 Å². The first kappa shape index (κ1) is 26.2. The van der Waals surface area contributed by atoms with Crippen molar-refractivity contribution in [3.63, 3.8) is 0 Å². The second-order valence-electron chi connectivity index (χ2n) is 9.90. The van der Waals surface area contributed by atoms with E-state index in [9.17, 15) is 14.7 Å². The van der Waals surface area contributed by atoms with Gasteiger partial charge < -0.3 is 19.3 Å². The summed E-state index contributed by atoms with van der Waals surface area (Å²) in [6, 6.07) is 21.8. The van der Waals surface area contributed by atoms with Crippen molar-refractivity contribution in [3.05, 3.63) is 101 Å². The predicted octanol–water partition coefficient (Wildman–Crippen LogP) is 5.73. The van der Waals surface area contributed by atoms with Crippen molar-refractivity contribution in [2.24, 2.45) is 10.9 Å². The van der Waals surface area contributed by atoms with Gasteiger partial charge in [-0.05, 0) is 60.2 Å². The topological polar surface area (TPSA) is 94.4 Å². The maximum atomic E-state index is 13.8. The number of aliphatic imine (C=N–C) groups is 1. The lowest BCUT2D eigenvalue weighted by Crippen LogP contribution is -2.38. The van der Waals surface area contributed by atoms with Crippen molar-refractivity contribution >= 4 is 17.5 Å². The Bertz CT molecular complexity index is 1440. The van der Waals surface area contributed by atoms with Crippen molar-refractivity contribution in [2.75, 3.05) is 14.2 Å². The van der Waals surface area contributed by atoms with Gasteiger partial charge in [0.15, 0.2) is 17.3 Å². The average molecular weight is 526 g/mol. The summed E-state index contributed by atoms with van der Waals surface area (Å²) in [6.45, 7) is 1.95. The van der Waals surface area contributed by atoms with Gasteiger partial charge in [-0.2, -0.15) is 0 Å². The maximum Gasteiger partial charge on any atom is 0.315 e. The molecule has 0 saturated heterocycles. The Hall–Kier alpha value is -4.39. The van der Waals surface area contributed by atoms with Crippen LogP contribution >= 0.6 is 0 Å². The van der Waals surface area contributed by atoms with Gasteiger partial charge in [0.25, 0.3) is 0 Å². The van der Waals surface area contributed by atoms with Crippen LogP contribution in [-0.4, -0.2) is 36.8 Å². The van der Waals surface area contributed by atoms with Gasteiger partial charge in [-0.3, -0.25) is 14.6 Å². The van der Waals surface area contributed by atoms with Gasteiger partial charge in [0, 0.05) is 29.3 Å². The quantitative estimate of drug-likeness (QED) is 0.396. The summed E-state index contributed by atoms with van der Waals surface area (Å²) < 4.78 is 16.6. The fourth-order valence-corrected chi connectivity index (χ4v) is 5.57. The molecule has 3 aromatic carbocycles. The molecule has 200 valence electrons. The third kappa shape index (κ3) is 5.30. The number of Topliss-reactive ketones (excluding diaryl/α,β-unsaturated/α-hetero) is 1. The standard InChI is InChI=1S/C32H31NO6/c1-19-29(32(36)39-18-20-7-5-4-6-8-20)30(21-9-12-24(34)13-10-21)31-25(33-19)15-23(16-26(31)35)22-11-14-27(37-2)28(17-22)38-3/h4-14,17,23,29-30,34H,15-16,18H2,1-3H3/t23-,29?,30-/m1/s1. The van der Waals surface area contributed by atoms with E-state index in [1.165, 1.54) is 0 Å². The third-order valence-corrected chi connectivity index (χ3v) is 7.50. The summed E-state index contributed by atoms with van der Waals surface area (Å²) in [4.78, 5) is 32.2. The SMILES string of the molecule is COc1ccc([C@H]2CC(=O)C3=C(C2)N=C(C)C(C(=O)OCc2ccccc2)[C@H]3c2ccc(O)cc2)cc1OC. The lowest BCUT2D eigenvalue weighted by Gasteiger charge is -2.36. The number of aromatic hydroxyl groups is 1. The Balaban J connectivity index is 1.50. The Morgan fingerprint density at radius 2 is 1.62 bits per heavy atom. The van der Waals surface area contributed by atoms with Crippen LogP contribution in [0.25, 0.3) is 0 Å². The van der Waals surface area contributed by atoms with Gasteiger partial charge in [0.1, 0.15) is 18.3 Å². The lowest BCUT2D eigenvalue weighted by atomic mass is 9.69. The largest absolute Gasteiger partial charge is 0.508 e. The number of allylic oxidation sites excluding steroid dienone is 2. The summed E-state index contributed by atoms with van der Waals surface area (Å²) in [5, 5.41) is 9.90. The van der Waals surface area contributed by atoms with Crippen molar-refractivity contribution in [1.29, 1.82) is 0 Å². The van der Waals surface area contributed by atoms with Crippen LogP contribution in [0.5, 0.6) is 17.2 Å². The van der Waals surface area contributed by atoms with E-state index >= 15 is 0 Å². The molecule has 0 spiro atoms. The highest BCUT2D eigenvalue weighted by atomic mass is 16.5. The summed E-state index contributed by atoms with van der Waals surface area (Å²) in [5.41, 5.74) is 4.44. The van der Waals surface area contributed by atoms with Gasteiger partial charge >= 0.3 is 5.97 Å². The number of methoxy groups -OCH3 is 2. The van der Waals surface area contributed by atoms with E-state index in [4.69, 9.17) is 19.2 Å². The van der Waals surface area contributed by atoms with Crippen LogP contribution in [0.15, 0.2) is 89.1 Å². The number of hydrogen-bond acceptors (Lipinski definition) is 7. The molecule has 2 aliphatic rings. The molecule has 7 nitrogen and oxygen atoms in total. The summed E-state index contributed by atoms with van der Waals surface area (Å²) in [7, 11) is 3.17. The zero-order chi connectivity index (χ0) is 27.5. The van der Waals surface area contributed by atoms with Crippen molar-refractivity contribution < 1.29 is 28.9 Å². The van der Waals surface area contributed by atoms with Gasteiger partial charge in [0.2, 0.25) is 0 Å². The van der Waals surface area contributed by atoms with E-state index in [-0.39, 0.29) is 30.5 Å². The number of ether oxygens (including phenoxy) is 3. The second-order valence-corrected chi connectivity index (χ2v) is 9.90. The molecule has 3 aromatic rings. The molecule has 39 heavy (non-hydrogen) atoms. The van der Waals surface area contributed by atoms with Gasteiger partial charge in [-0.15, -0.1) is 0 Å². The number of phenolic OH excluding ortho intramolecular Hbond substituents is 1. The Kier molecular flexibility index (Phi) is 7.50. The van der Waals surface area contributed by atoms with Crippen molar-refractivity contribution in [1.82, 2.24) is 0 Å². The first-order chi connectivity index (χ1) is 18.9. The normalized spacial score (nSPS) is 20.6. The summed E-state index contributed by atoms with van der Waals surface area (Å²) >= 11 is 0. The van der Waals surface area contributed by atoms with E-state index < -0.39 is 17.8 Å². The van der Waals surface area contributed by atoms with E-state index in [2.05, 4.69) is 0 Å². The van der Waals surface area contributed by atoms with E-state index in [1.54, 1.807) is 38.5 Å². The van der Waals surface area contributed by atoms with Gasteiger partial charge in [-0.25, -0.2) is 0 Å². The molecule has 1 unspecified atom stereocenters. The number of rotatable bonds is 7. The fraction of sp³-hybridized carbons (Fsp3) is 0.281. The first-order valence-corrected chi connectivity index (χ1v) is 12.9. The van der Waals surface area contributed by atoms with E-state index in [1.807, 2.05) is 55.5 Å². The Labute approximate surface area is 227 Å². The number of esters is 1. The van der Waals surface area contributed by atoms with Crippen LogP contribution in [-0.2, 0) is 20.9 Å². The monoisotopic (exact) mass is 525 g/mol. The van der Waals surface area contributed by atoms with Gasteiger partial charge in [0.05, 0.1) is 14.2 Å². The van der Waals surface area contributed by atoms with Crippen LogP contribution in [0, 0.1) is 5.92 Å². The molecule has 1 aliphatic heterocycles. The molecule has 0 radical (unpaired) electrons. The molecule has 1 heterocycles. The van der Waals surface area contributed by atoms with Crippen LogP contribution in [0.4, 0.5) is 0 Å². The Morgan fingerprint density at radius 1 is 0.923 bits per heavy atom. The minimum Gasteiger partial charge on any atom is -0.508 e. The molecule has 0 bridgehead atoms. The average Bonchev–Trinajstić information content (AvgIpc) is 2.95. The second kappa shape index (κ2) is 11.2. The molecule has 0 fully saturated rings. The number of phenols is 1. The smallest absolute Gasteiger partial charge is 0.315 e. The molecular weight excluding hydrogens is 494 g/mol. The first-order valence-electron chi connectivity index (χ1n) is 12.9. The van der Waals surface area contributed by atoms with Gasteiger partial charge in [-0.1, -0.05) is 48.5 Å². The number of carbonyl (C=O) groups is 2. The zero-order valence-electron chi connectivity index (χ0n) is 22.2. The lowest BCUT2D eigenvalue weighted by molar-refractivity contribution is -0.148. The summed E-state index contributed by atoms with van der Waals surface area (Å²) in [5.74, 6) is -0.534. The van der Waals surface area contributed by atoms with E-state index in [0.29, 0.717) is 34.9 Å². The highest BCUT2D eigenvalue weighted by molar-refractivity contribution is 6.09. The predicted molar refractivity (Wildman–Crippen MR) is 147 cm³/mol. The highest BCUT2D eigenvalue weighted by Crippen LogP contribution is 2.47. The minimum atomic E-state index is -0.751. The third-order valence-electron chi connectivity index (χ3n) is 7.50. The molecule has 0 aromatic heterocycles. The molecule has 5 rings (SSSR count). The van der Waals surface area contributed by atoms with Crippen LogP contribution < -0.4 is 9.47 Å². The van der Waals surface area contributed by atoms with E-state index in [0.717, 1.165) is 16.7 Å². The fourth-order valence-electron chi connectivity index (χ4n) is 5.57. The van der Waals surface area contributed by atoms with Crippen molar-refractivity contribution in [2.45, 2.75) is 38.2 Å². The molecule has 1 N–H and O–H groups in total. The number of ketones is 1. The molecular formula is C32H31NO6. The van der Waals surface area contributed by atoms with Crippen molar-refractivity contribution in [3.8, 4) is 17.2 Å². The van der Waals surface area contributed by atoms with Crippen LogP contribution in [0.1, 0.15) is 48.3 Å². The molecule has 0 amide bonds. The maximum absolute atomic E-state index is 13.8. The number of carbonyl (C=O) groups excluding carboxylic acids is 2. The highest BCUT2D eigenvalue weighted by Gasteiger charge is 2.44.